The van der Waals surface area contributed by atoms with Crippen molar-refractivity contribution in [2.75, 3.05) is 27.2 Å². The molecule has 32 heavy (non-hydrogen) atoms. The number of carbonyl (C=O) groups excluding carboxylic acids is 2. The third-order valence-corrected chi connectivity index (χ3v) is 5.01. The highest BCUT2D eigenvalue weighted by Crippen LogP contribution is 2.19. The zero-order valence-corrected chi connectivity index (χ0v) is 19.7. The Hall–Kier alpha value is -3.34. The zero-order valence-electron chi connectivity index (χ0n) is 19.7. The van der Waals surface area contributed by atoms with E-state index in [9.17, 15) is 9.59 Å². The van der Waals surface area contributed by atoms with Crippen molar-refractivity contribution in [3.8, 4) is 0 Å². The van der Waals surface area contributed by atoms with Gasteiger partial charge in [0.1, 0.15) is 6.10 Å². The van der Waals surface area contributed by atoms with E-state index in [0.717, 1.165) is 17.7 Å². The lowest BCUT2D eigenvalue weighted by atomic mass is 10.0. The van der Waals surface area contributed by atoms with Crippen LogP contribution in [0.15, 0.2) is 73.1 Å². The Morgan fingerprint density at radius 3 is 1.91 bits per heavy atom. The highest BCUT2D eigenvalue weighted by atomic mass is 16.5. The van der Waals surface area contributed by atoms with Crippen molar-refractivity contribution in [3.05, 3.63) is 84.2 Å². The highest BCUT2D eigenvalue weighted by Gasteiger charge is 2.18. The summed E-state index contributed by atoms with van der Waals surface area (Å²) in [6.45, 7) is 6.95. The molecular weight excluding hydrogens is 400 g/mol. The second-order valence-electron chi connectivity index (χ2n) is 7.97. The van der Waals surface area contributed by atoms with Crippen molar-refractivity contribution in [3.63, 3.8) is 0 Å². The van der Waals surface area contributed by atoms with Crippen molar-refractivity contribution in [2.24, 2.45) is 0 Å². The molecule has 0 N–H and O–H groups in total. The van der Waals surface area contributed by atoms with E-state index in [2.05, 4.69) is 4.90 Å². The average molecular weight is 435 g/mol. The van der Waals surface area contributed by atoms with Gasteiger partial charge in [-0.2, -0.15) is 0 Å². The number of rotatable bonds is 11. The van der Waals surface area contributed by atoms with Crippen LogP contribution in [0.25, 0.3) is 11.1 Å². The first-order valence-electron chi connectivity index (χ1n) is 11.0. The average Bonchev–Trinajstić information content (AvgIpc) is 2.78. The topological polar surface area (TPSA) is 49.9 Å². The largest absolute Gasteiger partial charge is 0.459 e. The summed E-state index contributed by atoms with van der Waals surface area (Å²) < 4.78 is 5.75. The maximum Gasteiger partial charge on any atom is 0.340 e. The second kappa shape index (κ2) is 12.5. The molecule has 0 bridgehead atoms. The minimum Gasteiger partial charge on any atom is -0.459 e. The Bertz CT molecular complexity index is 934. The fourth-order valence-electron chi connectivity index (χ4n) is 3.26. The molecule has 0 aliphatic carbocycles. The second-order valence-corrected chi connectivity index (χ2v) is 7.97. The molecule has 2 aromatic rings. The molecule has 170 valence electrons. The summed E-state index contributed by atoms with van der Waals surface area (Å²) in [5, 5.41) is 0. The summed E-state index contributed by atoms with van der Waals surface area (Å²) in [6.07, 6.45) is 4.08. The summed E-state index contributed by atoms with van der Waals surface area (Å²) in [5.41, 5.74) is 2.93. The first kappa shape index (κ1) is 24.9. The van der Waals surface area contributed by atoms with Crippen molar-refractivity contribution in [2.45, 2.75) is 33.3 Å². The first-order valence-corrected chi connectivity index (χ1v) is 11.0. The minimum atomic E-state index is -0.343. The van der Waals surface area contributed by atoms with Crippen molar-refractivity contribution < 1.29 is 14.3 Å². The van der Waals surface area contributed by atoms with Gasteiger partial charge in [-0.1, -0.05) is 60.7 Å². The number of hydrogen-bond acceptors (Lipinski definition) is 5. The molecule has 0 aliphatic heterocycles. The molecule has 2 rings (SSSR count). The van der Waals surface area contributed by atoms with Crippen LogP contribution in [0.2, 0.25) is 0 Å². The Kier molecular flexibility index (Phi) is 9.74. The minimum absolute atomic E-state index is 0.0236. The Morgan fingerprint density at radius 2 is 1.44 bits per heavy atom. The normalized spacial score (nSPS) is 12.8. The van der Waals surface area contributed by atoms with Crippen molar-refractivity contribution >= 4 is 22.9 Å². The molecule has 0 saturated heterocycles. The molecule has 0 aliphatic rings. The van der Waals surface area contributed by atoms with Crippen molar-refractivity contribution in [1.82, 2.24) is 9.80 Å². The van der Waals surface area contributed by atoms with Crippen LogP contribution in [-0.2, 0) is 14.3 Å². The number of ether oxygens (including phenoxy) is 1. The number of Topliss-reactive ketones (excluding diaryl/α,β-unsaturated/α-hetero) is 1. The van der Waals surface area contributed by atoms with Crippen LogP contribution < -0.4 is 0 Å². The third-order valence-electron chi connectivity index (χ3n) is 5.01. The van der Waals surface area contributed by atoms with Gasteiger partial charge in [-0.25, -0.2) is 4.79 Å². The molecule has 1 atom stereocenters. The Labute approximate surface area is 192 Å². The number of esters is 1. The van der Waals surface area contributed by atoms with E-state index in [-0.39, 0.29) is 17.9 Å². The van der Waals surface area contributed by atoms with E-state index < -0.39 is 0 Å². The van der Waals surface area contributed by atoms with E-state index >= 15 is 0 Å². The fourth-order valence-corrected chi connectivity index (χ4v) is 3.26. The van der Waals surface area contributed by atoms with E-state index in [1.165, 1.54) is 0 Å². The number of hydrogen-bond donors (Lipinski definition) is 0. The molecule has 5 heteroatoms. The summed E-state index contributed by atoms with van der Waals surface area (Å²) in [7, 11) is 3.76. The van der Waals surface area contributed by atoms with Crippen LogP contribution in [0.1, 0.15) is 38.3 Å². The predicted molar refractivity (Wildman–Crippen MR) is 131 cm³/mol. The maximum absolute atomic E-state index is 12.9. The van der Waals surface area contributed by atoms with Crippen molar-refractivity contribution in [1.29, 1.82) is 0 Å². The molecule has 0 spiro atoms. The van der Waals surface area contributed by atoms with Crippen LogP contribution in [0.4, 0.5) is 0 Å². The zero-order chi connectivity index (χ0) is 23.5. The van der Waals surface area contributed by atoms with Gasteiger partial charge in [0.15, 0.2) is 5.78 Å². The van der Waals surface area contributed by atoms with Gasteiger partial charge in [-0.15, -0.1) is 0 Å². The fraction of sp³-hybridized carbons (Fsp3) is 0.333. The number of carbonyl (C=O) groups is 2. The van der Waals surface area contributed by atoms with Crippen LogP contribution in [0, 0.1) is 0 Å². The lowest BCUT2D eigenvalue weighted by Crippen LogP contribution is -2.25. The summed E-state index contributed by atoms with van der Waals surface area (Å²) in [5.74, 6) is -0.319. The standard InChI is InChI=1S/C27H34N2O3/c1-6-29(20-25(22(3)30)23-13-9-7-10-14-23)18-17-21(2)32-27(31)26(19-28(4)5)24-15-11-8-12-16-24/h7-16,19-21H,6,17-18H2,1-5H3/b25-20+,26-19-. The monoisotopic (exact) mass is 434 g/mol. The van der Waals surface area contributed by atoms with Crippen LogP contribution in [-0.4, -0.2) is 54.8 Å². The van der Waals surface area contributed by atoms with Gasteiger partial charge in [-0.3, -0.25) is 4.79 Å². The van der Waals surface area contributed by atoms with Crippen LogP contribution in [0.3, 0.4) is 0 Å². The molecule has 0 saturated carbocycles. The molecule has 5 nitrogen and oxygen atoms in total. The van der Waals surface area contributed by atoms with Gasteiger partial charge in [0, 0.05) is 51.6 Å². The van der Waals surface area contributed by atoms with E-state index in [4.69, 9.17) is 4.74 Å². The third kappa shape index (κ3) is 7.73. The van der Waals surface area contributed by atoms with Gasteiger partial charge in [-0.05, 0) is 31.9 Å². The Morgan fingerprint density at radius 1 is 0.906 bits per heavy atom. The summed E-state index contributed by atoms with van der Waals surface area (Å²) in [6, 6.07) is 19.2. The number of nitrogens with zero attached hydrogens (tertiary/aromatic N) is 2. The number of ketones is 1. The Balaban J connectivity index is 2.05. The number of allylic oxidation sites excluding steroid dienone is 1. The molecule has 2 aromatic carbocycles. The molecule has 0 aromatic heterocycles. The first-order chi connectivity index (χ1) is 15.3. The summed E-state index contributed by atoms with van der Waals surface area (Å²) in [4.78, 5) is 29.0. The molecule has 0 amide bonds. The molecule has 0 radical (unpaired) electrons. The van der Waals surface area contributed by atoms with Crippen LogP contribution >= 0.6 is 0 Å². The summed E-state index contributed by atoms with van der Waals surface area (Å²) >= 11 is 0. The van der Waals surface area contributed by atoms with Gasteiger partial charge in [0.25, 0.3) is 0 Å². The van der Waals surface area contributed by atoms with Gasteiger partial charge < -0.3 is 14.5 Å². The SMILES string of the molecule is CCN(/C=C(\C(C)=O)c1ccccc1)CCC(C)OC(=O)/C(=C\N(C)C)c1ccccc1. The van der Waals surface area contributed by atoms with Crippen LogP contribution in [0.5, 0.6) is 0 Å². The molecule has 0 heterocycles. The quantitative estimate of drug-likeness (QED) is 0.373. The smallest absolute Gasteiger partial charge is 0.340 e. The van der Waals surface area contributed by atoms with E-state index in [1.807, 2.05) is 99.7 Å². The lowest BCUT2D eigenvalue weighted by molar-refractivity contribution is -0.141. The predicted octanol–water partition coefficient (Wildman–Crippen LogP) is 4.86. The molecule has 0 fully saturated rings. The number of benzene rings is 2. The highest BCUT2D eigenvalue weighted by molar-refractivity contribution is 6.19. The van der Waals surface area contributed by atoms with E-state index in [0.29, 0.717) is 24.1 Å². The van der Waals surface area contributed by atoms with E-state index in [1.54, 1.807) is 13.1 Å². The maximum atomic E-state index is 12.9. The van der Waals surface area contributed by atoms with Gasteiger partial charge >= 0.3 is 5.97 Å². The van der Waals surface area contributed by atoms with Gasteiger partial charge in [0.2, 0.25) is 0 Å². The van der Waals surface area contributed by atoms with Gasteiger partial charge in [0.05, 0.1) is 5.57 Å². The molecular formula is C27H34N2O3. The lowest BCUT2D eigenvalue weighted by Gasteiger charge is -2.23. The molecule has 1 unspecified atom stereocenters.